The van der Waals surface area contributed by atoms with Crippen LogP contribution in [0.15, 0.2) is 120 Å². The third-order valence-electron chi connectivity index (χ3n) is 8.14. The Morgan fingerprint density at radius 2 is 1.40 bits per heavy atom. The fourth-order valence-electron chi connectivity index (χ4n) is 6.20. The molecule has 0 saturated heterocycles. The largest absolute Gasteiger partial charge is 0.455 e. The van der Waals surface area contributed by atoms with Gasteiger partial charge in [-0.15, -0.1) is 0 Å². The summed E-state index contributed by atoms with van der Waals surface area (Å²) in [5, 5.41) is 2.27. The molecule has 0 aliphatic heterocycles. The normalized spacial score (nSPS) is 13.4. The van der Waals surface area contributed by atoms with E-state index < -0.39 is 0 Å². The zero-order valence-electron chi connectivity index (χ0n) is 22.2. The molecule has 4 heteroatoms. The highest BCUT2D eigenvalue weighted by Crippen LogP contribution is 2.52. The molecule has 190 valence electrons. The second-order valence-electron chi connectivity index (χ2n) is 10.9. The summed E-state index contributed by atoms with van der Waals surface area (Å²) in [5.74, 6) is 0.708. The van der Waals surface area contributed by atoms with Gasteiger partial charge in [-0.1, -0.05) is 98.8 Å². The molecule has 4 nitrogen and oxygen atoms in total. The molecule has 0 unspecified atom stereocenters. The molecular weight excluding hydrogens is 490 g/mol. The Morgan fingerprint density at radius 1 is 0.625 bits per heavy atom. The van der Waals surface area contributed by atoms with Gasteiger partial charge < -0.3 is 4.42 Å². The Bertz CT molecular complexity index is 2080. The molecule has 1 aliphatic rings. The summed E-state index contributed by atoms with van der Waals surface area (Å²) in [5.41, 5.74) is 10.9. The van der Waals surface area contributed by atoms with Crippen LogP contribution in [0.5, 0.6) is 0 Å². The minimum Gasteiger partial charge on any atom is -0.455 e. The Kier molecular flexibility index (Phi) is 4.83. The topological polar surface area (TPSA) is 51.8 Å². The number of fused-ring (bicyclic) bond motifs is 6. The summed E-state index contributed by atoms with van der Waals surface area (Å²) in [7, 11) is 0. The van der Waals surface area contributed by atoms with Crippen molar-refractivity contribution in [3.63, 3.8) is 0 Å². The summed E-state index contributed by atoms with van der Waals surface area (Å²) in [4.78, 5) is 15.0. The van der Waals surface area contributed by atoms with Gasteiger partial charge in [0.15, 0.2) is 5.82 Å². The lowest BCUT2D eigenvalue weighted by molar-refractivity contribution is 0.657. The minimum atomic E-state index is -0.329. The predicted octanol–water partition coefficient (Wildman–Crippen LogP) is 9.08. The molecular formula is C36H25N3O. The van der Waals surface area contributed by atoms with Crippen LogP contribution in [0.2, 0.25) is 0 Å². The van der Waals surface area contributed by atoms with E-state index in [-0.39, 0.29) is 5.41 Å². The van der Waals surface area contributed by atoms with Crippen molar-refractivity contribution in [1.82, 2.24) is 15.0 Å². The first kappa shape index (κ1) is 22.9. The molecule has 4 aromatic carbocycles. The van der Waals surface area contributed by atoms with E-state index in [2.05, 4.69) is 74.5 Å². The SMILES string of the molecule is CC1(C)c2cc(-c3cccc4c3oc3ccccc34)ccc2-c2nc(-c3ccccc3)nc(-c3ccccn3)c21. The van der Waals surface area contributed by atoms with Crippen molar-refractivity contribution < 1.29 is 4.42 Å². The van der Waals surface area contributed by atoms with E-state index in [0.717, 1.165) is 66.8 Å². The van der Waals surface area contributed by atoms with Crippen molar-refractivity contribution in [3.05, 3.63) is 127 Å². The maximum atomic E-state index is 6.38. The average molecular weight is 516 g/mol. The zero-order valence-corrected chi connectivity index (χ0v) is 22.2. The van der Waals surface area contributed by atoms with Gasteiger partial charge in [-0.2, -0.15) is 0 Å². The van der Waals surface area contributed by atoms with Crippen LogP contribution >= 0.6 is 0 Å². The van der Waals surface area contributed by atoms with Gasteiger partial charge in [0.05, 0.1) is 17.1 Å². The van der Waals surface area contributed by atoms with E-state index in [9.17, 15) is 0 Å². The number of furan rings is 1. The molecule has 0 fully saturated rings. The molecule has 0 saturated carbocycles. The second-order valence-corrected chi connectivity index (χ2v) is 10.9. The minimum absolute atomic E-state index is 0.329. The van der Waals surface area contributed by atoms with Crippen molar-refractivity contribution >= 4 is 21.9 Å². The van der Waals surface area contributed by atoms with Crippen molar-refractivity contribution in [1.29, 1.82) is 0 Å². The van der Waals surface area contributed by atoms with Crippen molar-refractivity contribution in [2.75, 3.05) is 0 Å². The van der Waals surface area contributed by atoms with E-state index in [0.29, 0.717) is 5.82 Å². The zero-order chi connectivity index (χ0) is 26.8. The maximum Gasteiger partial charge on any atom is 0.160 e. The lowest BCUT2D eigenvalue weighted by Gasteiger charge is -2.24. The van der Waals surface area contributed by atoms with Crippen LogP contribution in [0.4, 0.5) is 0 Å². The molecule has 0 radical (unpaired) electrons. The van der Waals surface area contributed by atoms with Crippen molar-refractivity contribution in [3.8, 4) is 45.2 Å². The average Bonchev–Trinajstić information content (AvgIpc) is 3.50. The van der Waals surface area contributed by atoms with Crippen LogP contribution in [0, 0.1) is 0 Å². The van der Waals surface area contributed by atoms with Gasteiger partial charge in [-0.3, -0.25) is 4.98 Å². The van der Waals surface area contributed by atoms with Gasteiger partial charge in [0.25, 0.3) is 0 Å². The Labute approximate surface area is 232 Å². The number of rotatable bonds is 3. The van der Waals surface area contributed by atoms with Crippen LogP contribution < -0.4 is 0 Å². The standard InChI is InChI=1S/C36H25N3O/c1-36(2)28-21-23(24-14-10-15-26-25-13-6-7-17-30(25)40-34(24)26)18-19-27(28)32-31(36)33(29-16-8-9-20-37-29)39-35(38-32)22-11-4-3-5-12-22/h3-21H,1-2H3. The number of nitrogens with zero attached hydrogens (tertiary/aromatic N) is 3. The lowest BCUT2D eigenvalue weighted by Crippen LogP contribution is -2.18. The fraction of sp³-hybridized carbons (Fsp3) is 0.0833. The Balaban J connectivity index is 1.36. The number of para-hydroxylation sites is 2. The predicted molar refractivity (Wildman–Crippen MR) is 161 cm³/mol. The molecule has 0 N–H and O–H groups in total. The molecule has 1 aliphatic carbocycles. The third kappa shape index (κ3) is 3.29. The number of hydrogen-bond acceptors (Lipinski definition) is 4. The van der Waals surface area contributed by atoms with E-state index in [4.69, 9.17) is 19.4 Å². The molecule has 0 spiro atoms. The number of hydrogen-bond donors (Lipinski definition) is 0. The molecule has 7 aromatic rings. The monoisotopic (exact) mass is 515 g/mol. The summed E-state index contributed by atoms with van der Waals surface area (Å²) in [6.07, 6.45) is 1.83. The number of aromatic nitrogens is 3. The fourth-order valence-corrected chi connectivity index (χ4v) is 6.20. The smallest absolute Gasteiger partial charge is 0.160 e. The van der Waals surface area contributed by atoms with E-state index >= 15 is 0 Å². The van der Waals surface area contributed by atoms with Crippen LogP contribution in [0.1, 0.15) is 25.0 Å². The van der Waals surface area contributed by atoms with Gasteiger partial charge in [0, 0.05) is 44.6 Å². The van der Waals surface area contributed by atoms with E-state index in [1.165, 1.54) is 5.56 Å². The van der Waals surface area contributed by atoms with Crippen molar-refractivity contribution in [2.24, 2.45) is 0 Å². The molecule has 0 atom stereocenters. The number of benzene rings is 4. The Morgan fingerprint density at radius 3 is 2.25 bits per heavy atom. The summed E-state index contributed by atoms with van der Waals surface area (Å²) in [6, 6.07) is 37.5. The van der Waals surface area contributed by atoms with Crippen LogP contribution in [0.3, 0.4) is 0 Å². The first-order chi connectivity index (χ1) is 19.6. The van der Waals surface area contributed by atoms with Gasteiger partial charge in [-0.25, -0.2) is 9.97 Å². The highest BCUT2D eigenvalue weighted by atomic mass is 16.3. The summed E-state index contributed by atoms with van der Waals surface area (Å²) >= 11 is 0. The second kappa shape index (κ2) is 8.45. The van der Waals surface area contributed by atoms with Crippen LogP contribution in [-0.2, 0) is 5.41 Å². The van der Waals surface area contributed by atoms with Gasteiger partial charge in [0.2, 0.25) is 0 Å². The van der Waals surface area contributed by atoms with Gasteiger partial charge in [0.1, 0.15) is 11.2 Å². The molecule has 0 bridgehead atoms. The lowest BCUT2D eigenvalue weighted by atomic mass is 9.80. The first-order valence-corrected chi connectivity index (χ1v) is 13.5. The molecule has 8 rings (SSSR count). The first-order valence-electron chi connectivity index (χ1n) is 13.5. The maximum absolute atomic E-state index is 6.38. The van der Waals surface area contributed by atoms with Crippen LogP contribution in [0.25, 0.3) is 67.1 Å². The van der Waals surface area contributed by atoms with Crippen molar-refractivity contribution in [2.45, 2.75) is 19.3 Å². The molecule has 3 aromatic heterocycles. The quantitative estimate of drug-likeness (QED) is 0.235. The van der Waals surface area contributed by atoms with Crippen LogP contribution in [-0.4, -0.2) is 15.0 Å². The van der Waals surface area contributed by atoms with Gasteiger partial charge in [-0.05, 0) is 35.4 Å². The van der Waals surface area contributed by atoms with Gasteiger partial charge >= 0.3 is 0 Å². The highest BCUT2D eigenvalue weighted by Gasteiger charge is 2.40. The number of pyridine rings is 1. The third-order valence-corrected chi connectivity index (χ3v) is 8.14. The molecule has 3 heterocycles. The molecule has 0 amide bonds. The molecule has 40 heavy (non-hydrogen) atoms. The summed E-state index contributed by atoms with van der Waals surface area (Å²) in [6.45, 7) is 4.53. The Hall–Kier alpha value is -5.09. The highest BCUT2D eigenvalue weighted by molar-refractivity contribution is 6.09. The van der Waals surface area contributed by atoms with E-state index in [1.54, 1.807) is 0 Å². The van der Waals surface area contributed by atoms with E-state index in [1.807, 2.05) is 54.7 Å². The summed E-state index contributed by atoms with van der Waals surface area (Å²) < 4.78 is 6.38.